The Hall–Kier alpha value is -1.75. The van der Waals surface area contributed by atoms with Crippen LogP contribution in [0.5, 0.6) is 0 Å². The molecule has 2 rings (SSSR count). The second kappa shape index (κ2) is 4.40. The molecule has 0 atom stereocenters. The van der Waals surface area contributed by atoms with Crippen molar-refractivity contribution >= 4 is 34.6 Å². The largest absolute Gasteiger partial charge is 0.331 e. The Kier molecular flexibility index (Phi) is 2.96. The summed E-state index contributed by atoms with van der Waals surface area (Å²) < 4.78 is 0. The highest BCUT2D eigenvalue weighted by Crippen LogP contribution is 2.12. The van der Waals surface area contributed by atoms with E-state index in [0.29, 0.717) is 11.5 Å². The first-order valence-electron chi connectivity index (χ1n) is 4.90. The van der Waals surface area contributed by atoms with Crippen LogP contribution in [0.25, 0.3) is 0 Å². The first kappa shape index (κ1) is 10.8. The van der Waals surface area contributed by atoms with Gasteiger partial charge in [0.15, 0.2) is 0 Å². The minimum absolute atomic E-state index is 0.0917. The van der Waals surface area contributed by atoms with Crippen LogP contribution in [0.4, 0.5) is 5.69 Å². The molecule has 4 nitrogen and oxygen atoms in total. The topological polar surface area (TPSA) is 44.7 Å². The van der Waals surface area contributed by atoms with E-state index in [0.717, 1.165) is 11.4 Å². The van der Waals surface area contributed by atoms with Gasteiger partial charge in [-0.1, -0.05) is 18.2 Å². The Labute approximate surface area is 98.9 Å². The van der Waals surface area contributed by atoms with Gasteiger partial charge in [-0.3, -0.25) is 4.79 Å². The fourth-order valence-corrected chi connectivity index (χ4v) is 1.67. The van der Waals surface area contributed by atoms with Crippen molar-refractivity contribution in [2.24, 2.45) is 5.10 Å². The Morgan fingerprint density at radius 3 is 2.69 bits per heavy atom. The number of anilines is 1. The zero-order valence-corrected chi connectivity index (χ0v) is 9.62. The summed E-state index contributed by atoms with van der Waals surface area (Å²) in [7, 11) is 0. The van der Waals surface area contributed by atoms with Gasteiger partial charge in [-0.15, -0.1) is 0 Å². The van der Waals surface area contributed by atoms with Crippen molar-refractivity contribution in [3.8, 4) is 0 Å². The van der Waals surface area contributed by atoms with Crippen LogP contribution >= 0.6 is 12.2 Å². The van der Waals surface area contributed by atoms with Gasteiger partial charge in [-0.25, -0.2) is 0 Å². The predicted molar refractivity (Wildman–Crippen MR) is 67.2 cm³/mol. The fraction of sp³-hybridized carbons (Fsp3) is 0.182. The van der Waals surface area contributed by atoms with Crippen LogP contribution in [0, 0.1) is 0 Å². The fourth-order valence-electron chi connectivity index (χ4n) is 1.41. The number of carbonyl (C=O) groups is 1. The van der Waals surface area contributed by atoms with Crippen molar-refractivity contribution < 1.29 is 4.79 Å². The molecule has 0 saturated heterocycles. The van der Waals surface area contributed by atoms with Gasteiger partial charge in [0.05, 0.1) is 6.42 Å². The lowest BCUT2D eigenvalue weighted by Gasteiger charge is -2.14. The summed E-state index contributed by atoms with van der Waals surface area (Å²) in [4.78, 5) is 11.5. The monoisotopic (exact) mass is 233 g/mol. The average Bonchev–Trinajstić information content (AvgIpc) is 2.59. The van der Waals surface area contributed by atoms with Crippen LogP contribution in [-0.2, 0) is 4.79 Å². The number of thiocarbonyl (C=S) groups is 1. The number of hydrogen-bond donors (Lipinski definition) is 1. The number of rotatable bonds is 1. The van der Waals surface area contributed by atoms with Crippen molar-refractivity contribution in [2.75, 3.05) is 5.32 Å². The van der Waals surface area contributed by atoms with Crippen LogP contribution in [0.1, 0.15) is 13.3 Å². The van der Waals surface area contributed by atoms with E-state index in [1.165, 1.54) is 5.01 Å². The molecule has 1 N–H and O–H groups in total. The highest BCUT2D eigenvalue weighted by atomic mass is 32.1. The number of para-hydroxylation sites is 1. The third-order valence-electron chi connectivity index (χ3n) is 2.13. The van der Waals surface area contributed by atoms with Crippen LogP contribution in [0.15, 0.2) is 35.4 Å². The summed E-state index contributed by atoms with van der Waals surface area (Å²) in [5, 5.41) is 8.57. The molecule has 0 radical (unpaired) electrons. The SMILES string of the molecule is CC1=NN(C(=S)Nc2ccccc2)C(=O)C1. The first-order chi connectivity index (χ1) is 7.66. The summed E-state index contributed by atoms with van der Waals surface area (Å²) in [6, 6.07) is 9.46. The lowest BCUT2D eigenvalue weighted by molar-refractivity contribution is -0.124. The minimum Gasteiger partial charge on any atom is -0.331 e. The molecule has 0 unspecified atom stereocenters. The zero-order chi connectivity index (χ0) is 11.5. The van der Waals surface area contributed by atoms with Gasteiger partial charge in [-0.05, 0) is 31.3 Å². The van der Waals surface area contributed by atoms with E-state index >= 15 is 0 Å². The molecule has 1 aliphatic rings. The Balaban J connectivity index is 2.07. The second-order valence-electron chi connectivity index (χ2n) is 3.51. The normalized spacial score (nSPS) is 14.9. The van der Waals surface area contributed by atoms with E-state index in [-0.39, 0.29) is 5.91 Å². The van der Waals surface area contributed by atoms with E-state index < -0.39 is 0 Å². The Morgan fingerprint density at radius 2 is 2.12 bits per heavy atom. The molecule has 0 aliphatic carbocycles. The molecular weight excluding hydrogens is 222 g/mol. The number of nitrogens with one attached hydrogen (secondary N) is 1. The number of nitrogens with zero attached hydrogens (tertiary/aromatic N) is 2. The molecule has 0 saturated carbocycles. The molecule has 82 valence electrons. The van der Waals surface area contributed by atoms with Gasteiger partial charge in [0.25, 0.3) is 5.91 Å². The van der Waals surface area contributed by atoms with Crippen LogP contribution in [0.3, 0.4) is 0 Å². The molecule has 0 fully saturated rings. The van der Waals surface area contributed by atoms with Crippen molar-refractivity contribution in [3.05, 3.63) is 30.3 Å². The van der Waals surface area contributed by atoms with Crippen molar-refractivity contribution in [1.29, 1.82) is 0 Å². The molecule has 5 heteroatoms. The number of amides is 1. The Morgan fingerprint density at radius 1 is 1.44 bits per heavy atom. The molecule has 1 aromatic rings. The van der Waals surface area contributed by atoms with E-state index in [4.69, 9.17) is 12.2 Å². The minimum atomic E-state index is -0.0917. The van der Waals surface area contributed by atoms with Gasteiger partial charge in [0.2, 0.25) is 5.11 Å². The first-order valence-corrected chi connectivity index (χ1v) is 5.31. The van der Waals surface area contributed by atoms with Crippen LogP contribution < -0.4 is 5.32 Å². The molecular formula is C11H11N3OS. The molecule has 1 amide bonds. The van der Waals surface area contributed by atoms with Crippen molar-refractivity contribution in [2.45, 2.75) is 13.3 Å². The summed E-state index contributed by atoms with van der Waals surface area (Å²) in [5.41, 5.74) is 1.63. The smallest absolute Gasteiger partial charge is 0.255 e. The molecule has 0 bridgehead atoms. The highest BCUT2D eigenvalue weighted by molar-refractivity contribution is 7.80. The van der Waals surface area contributed by atoms with E-state index in [9.17, 15) is 4.79 Å². The number of benzene rings is 1. The van der Waals surface area contributed by atoms with Gasteiger partial charge in [-0.2, -0.15) is 10.1 Å². The summed E-state index contributed by atoms with van der Waals surface area (Å²) in [6.45, 7) is 1.81. The molecule has 1 aliphatic heterocycles. The second-order valence-corrected chi connectivity index (χ2v) is 3.90. The number of hydrogen-bond acceptors (Lipinski definition) is 3. The van der Waals surface area contributed by atoms with Crippen LogP contribution in [-0.4, -0.2) is 21.7 Å². The molecule has 0 aromatic heterocycles. The standard InChI is InChI=1S/C11H11N3OS/c1-8-7-10(15)14(13-8)11(16)12-9-5-3-2-4-6-9/h2-6H,7H2,1H3,(H,12,16). The Bertz CT molecular complexity index is 456. The van der Waals surface area contributed by atoms with Gasteiger partial charge in [0.1, 0.15) is 0 Å². The highest BCUT2D eigenvalue weighted by Gasteiger charge is 2.24. The molecule has 1 heterocycles. The molecule has 1 aromatic carbocycles. The lowest BCUT2D eigenvalue weighted by atomic mass is 10.3. The average molecular weight is 233 g/mol. The lowest BCUT2D eigenvalue weighted by Crippen LogP contribution is -2.32. The maximum Gasteiger partial charge on any atom is 0.255 e. The number of hydrazone groups is 1. The predicted octanol–water partition coefficient (Wildman–Crippen LogP) is 1.99. The van der Waals surface area contributed by atoms with Crippen LogP contribution in [0.2, 0.25) is 0 Å². The summed E-state index contributed by atoms with van der Waals surface area (Å²) in [6.07, 6.45) is 0.344. The van der Waals surface area contributed by atoms with Gasteiger partial charge in [0, 0.05) is 11.4 Å². The maximum absolute atomic E-state index is 11.5. The van der Waals surface area contributed by atoms with E-state index in [2.05, 4.69) is 10.4 Å². The number of carbonyl (C=O) groups excluding carboxylic acids is 1. The summed E-state index contributed by atoms with van der Waals surface area (Å²) >= 11 is 5.11. The third kappa shape index (κ3) is 2.25. The van der Waals surface area contributed by atoms with E-state index in [1.54, 1.807) is 0 Å². The molecule has 16 heavy (non-hydrogen) atoms. The summed E-state index contributed by atoms with van der Waals surface area (Å²) in [5.74, 6) is -0.0917. The quantitative estimate of drug-likeness (QED) is 0.754. The zero-order valence-electron chi connectivity index (χ0n) is 8.80. The van der Waals surface area contributed by atoms with E-state index in [1.807, 2.05) is 37.3 Å². The third-order valence-corrected chi connectivity index (χ3v) is 2.41. The molecule has 0 spiro atoms. The van der Waals surface area contributed by atoms with Crippen molar-refractivity contribution in [3.63, 3.8) is 0 Å². The maximum atomic E-state index is 11.5. The van der Waals surface area contributed by atoms with Gasteiger partial charge < -0.3 is 5.32 Å². The van der Waals surface area contributed by atoms with Crippen molar-refractivity contribution in [1.82, 2.24) is 5.01 Å². The van der Waals surface area contributed by atoms with Gasteiger partial charge >= 0.3 is 0 Å².